The van der Waals surface area contributed by atoms with Crippen molar-refractivity contribution in [3.05, 3.63) is 27.7 Å². The highest BCUT2D eigenvalue weighted by molar-refractivity contribution is 6.42. The van der Waals surface area contributed by atoms with E-state index in [0.29, 0.717) is 19.1 Å². The number of likely N-dealkylation sites (N-methyl/N-ethyl adjacent to an activating group) is 1. The summed E-state index contributed by atoms with van der Waals surface area (Å²) in [4.78, 5) is 93.5. The second kappa shape index (κ2) is 14.9. The number of hydrogen-bond donors (Lipinski definition) is 4. The Hall–Kier alpha value is -4.08. The fraction of sp³-hybridized carbons (Fsp3) is 0.391. The Balaban J connectivity index is 1.99. The molecule has 15 nitrogen and oxygen atoms in total. The van der Waals surface area contributed by atoms with Crippen LogP contribution in [0.2, 0.25) is 10.0 Å². The second-order valence-electron chi connectivity index (χ2n) is 8.51. The molecule has 0 bridgehead atoms. The van der Waals surface area contributed by atoms with Gasteiger partial charge < -0.3 is 20.5 Å². The molecule has 0 radical (unpaired) electrons. The molecule has 1 aromatic carbocycles. The molecule has 4 N–H and O–H groups in total. The first-order chi connectivity index (χ1) is 18.9. The lowest BCUT2D eigenvalue weighted by atomic mass is 10.1. The van der Waals surface area contributed by atoms with Gasteiger partial charge in [0.05, 0.1) is 34.7 Å². The molecule has 1 aliphatic rings. The molecule has 0 saturated carbocycles. The van der Waals surface area contributed by atoms with Gasteiger partial charge in [-0.25, -0.2) is 5.01 Å². The highest BCUT2D eigenvalue weighted by Crippen LogP contribution is 2.31. The van der Waals surface area contributed by atoms with E-state index in [-0.39, 0.29) is 53.5 Å². The number of nitrogens with zero attached hydrogens (tertiary/aromatic N) is 3. The van der Waals surface area contributed by atoms with Crippen LogP contribution in [0.5, 0.6) is 0 Å². The third-order valence-corrected chi connectivity index (χ3v) is 6.35. The van der Waals surface area contributed by atoms with Gasteiger partial charge in [-0.1, -0.05) is 23.2 Å². The van der Waals surface area contributed by atoms with E-state index in [9.17, 15) is 38.4 Å². The number of hydrazine groups is 2. The van der Waals surface area contributed by atoms with Crippen molar-refractivity contribution in [2.75, 3.05) is 25.5 Å². The van der Waals surface area contributed by atoms with Crippen LogP contribution in [-0.4, -0.2) is 101 Å². The number of carboxylic acids is 1. The first-order valence-electron chi connectivity index (χ1n) is 11.7. The van der Waals surface area contributed by atoms with Crippen LogP contribution < -0.4 is 16.1 Å². The quantitative estimate of drug-likeness (QED) is 0.131. The molecule has 0 aromatic heterocycles. The van der Waals surface area contributed by atoms with Crippen LogP contribution in [0.25, 0.3) is 0 Å². The number of carbonyl (C=O) groups excluding carboxylic acids is 7. The van der Waals surface area contributed by atoms with Gasteiger partial charge in [0.15, 0.2) is 0 Å². The topological polar surface area (TPSA) is 203 Å². The first-order valence-corrected chi connectivity index (χ1v) is 12.5. The van der Waals surface area contributed by atoms with E-state index >= 15 is 0 Å². The third kappa shape index (κ3) is 8.72. The van der Waals surface area contributed by atoms with Crippen molar-refractivity contribution in [3.8, 4) is 0 Å². The van der Waals surface area contributed by atoms with Crippen LogP contribution in [0.15, 0.2) is 12.1 Å². The Labute approximate surface area is 237 Å². The standard InChI is InChI=1S/C23H26Cl2N6O9/c1-29-17(23(40)26-14(10-32)9-20(37)38)3-2-5-31(29)19(36)4-6-30(12-34)28-22(39)13-7-15(24)21(16(25)8-13)27-18(35)11-33/h7-8,10-12,14,17H,2-6,9H2,1H3,(H,26,40)(H,27,35)(H,28,39)(H,37,38). The number of aliphatic carboxylic acids is 1. The lowest BCUT2D eigenvalue weighted by Crippen LogP contribution is -2.59. The summed E-state index contributed by atoms with van der Waals surface area (Å²) in [5.41, 5.74) is 2.11. The molecular weight excluding hydrogens is 575 g/mol. The summed E-state index contributed by atoms with van der Waals surface area (Å²) >= 11 is 12.1. The summed E-state index contributed by atoms with van der Waals surface area (Å²) in [5.74, 6) is -4.17. The van der Waals surface area contributed by atoms with E-state index in [1.165, 1.54) is 17.1 Å². The van der Waals surface area contributed by atoms with E-state index in [4.69, 9.17) is 28.3 Å². The maximum absolute atomic E-state index is 12.9. The molecule has 40 heavy (non-hydrogen) atoms. The molecule has 1 aliphatic heterocycles. The number of carbonyl (C=O) groups is 8. The smallest absolute Gasteiger partial charge is 0.305 e. The number of carboxylic acid groups (broad SMARTS) is 1. The molecule has 1 heterocycles. The summed E-state index contributed by atoms with van der Waals surface area (Å²) < 4.78 is 0. The van der Waals surface area contributed by atoms with Gasteiger partial charge in [-0.3, -0.25) is 49.0 Å². The number of rotatable bonds is 13. The van der Waals surface area contributed by atoms with Crippen LogP contribution in [0.1, 0.15) is 36.0 Å². The summed E-state index contributed by atoms with van der Waals surface area (Å²) in [6.07, 6.45) is 0.584. The van der Waals surface area contributed by atoms with Gasteiger partial charge in [-0.15, -0.1) is 0 Å². The average molecular weight is 601 g/mol. The van der Waals surface area contributed by atoms with E-state index in [2.05, 4.69) is 16.1 Å². The second-order valence-corrected chi connectivity index (χ2v) is 9.32. The summed E-state index contributed by atoms with van der Waals surface area (Å²) in [6.45, 7) is 0.0266. The van der Waals surface area contributed by atoms with Gasteiger partial charge in [0.25, 0.3) is 11.8 Å². The molecule has 1 fully saturated rings. The number of hydrogen-bond acceptors (Lipinski definition) is 9. The zero-order valence-corrected chi connectivity index (χ0v) is 22.6. The number of nitrogens with one attached hydrogen (secondary N) is 3. The molecule has 216 valence electrons. The predicted molar refractivity (Wildman–Crippen MR) is 139 cm³/mol. The SMILES string of the molecule is CN1C(C(=O)NC(C=O)CC(=O)O)CCCN1C(=O)CCN(C=O)NC(=O)c1cc(Cl)c(NC(=O)C=O)c(Cl)c1. The van der Waals surface area contributed by atoms with Crippen molar-refractivity contribution < 1.29 is 43.5 Å². The highest BCUT2D eigenvalue weighted by atomic mass is 35.5. The fourth-order valence-corrected chi connectivity index (χ4v) is 4.38. The molecular formula is C23H26Cl2N6O9. The van der Waals surface area contributed by atoms with Crippen molar-refractivity contribution in [3.63, 3.8) is 0 Å². The van der Waals surface area contributed by atoms with E-state index in [1.807, 2.05) is 0 Å². The van der Waals surface area contributed by atoms with Gasteiger partial charge in [0.1, 0.15) is 12.3 Å². The third-order valence-electron chi connectivity index (χ3n) is 5.75. The molecule has 2 rings (SSSR count). The molecule has 5 amide bonds. The van der Waals surface area contributed by atoms with Crippen LogP contribution in [0.3, 0.4) is 0 Å². The van der Waals surface area contributed by atoms with Gasteiger partial charge >= 0.3 is 5.97 Å². The molecule has 1 aromatic rings. The number of halogens is 2. The number of benzene rings is 1. The van der Waals surface area contributed by atoms with Crippen LogP contribution >= 0.6 is 23.2 Å². The number of aldehydes is 2. The van der Waals surface area contributed by atoms with Crippen molar-refractivity contribution in [2.45, 2.75) is 37.8 Å². The van der Waals surface area contributed by atoms with Gasteiger partial charge in [0, 0.05) is 25.6 Å². The van der Waals surface area contributed by atoms with Crippen LogP contribution in [0, 0.1) is 0 Å². The minimum atomic E-state index is -1.26. The maximum Gasteiger partial charge on any atom is 0.305 e. The zero-order valence-electron chi connectivity index (χ0n) is 21.1. The molecule has 2 unspecified atom stereocenters. The van der Waals surface area contributed by atoms with Gasteiger partial charge in [0.2, 0.25) is 24.5 Å². The van der Waals surface area contributed by atoms with Gasteiger partial charge in [-0.2, -0.15) is 0 Å². The normalized spacial score (nSPS) is 15.8. The Morgan fingerprint density at radius 1 is 1.15 bits per heavy atom. The van der Waals surface area contributed by atoms with E-state index in [1.54, 1.807) is 0 Å². The molecule has 1 saturated heterocycles. The van der Waals surface area contributed by atoms with Crippen LogP contribution in [-0.2, 0) is 33.6 Å². The zero-order chi connectivity index (χ0) is 30.0. The molecule has 0 spiro atoms. The number of amides is 5. The van der Waals surface area contributed by atoms with Gasteiger partial charge in [-0.05, 0) is 25.0 Å². The average Bonchev–Trinajstić information content (AvgIpc) is 2.91. The Kier molecular flexibility index (Phi) is 12.0. The van der Waals surface area contributed by atoms with Crippen molar-refractivity contribution >= 4 is 77.5 Å². The lowest BCUT2D eigenvalue weighted by molar-refractivity contribution is -0.161. The molecule has 2 atom stereocenters. The van der Waals surface area contributed by atoms with Crippen molar-refractivity contribution in [2.24, 2.45) is 0 Å². The fourth-order valence-electron chi connectivity index (χ4n) is 3.80. The lowest BCUT2D eigenvalue weighted by Gasteiger charge is -2.41. The Morgan fingerprint density at radius 2 is 1.80 bits per heavy atom. The molecule has 0 aliphatic carbocycles. The van der Waals surface area contributed by atoms with E-state index < -0.39 is 48.1 Å². The highest BCUT2D eigenvalue weighted by Gasteiger charge is 2.34. The van der Waals surface area contributed by atoms with Crippen LogP contribution in [0.4, 0.5) is 5.69 Å². The predicted octanol–water partition coefficient (Wildman–Crippen LogP) is -0.380. The van der Waals surface area contributed by atoms with Crippen molar-refractivity contribution in [1.29, 1.82) is 0 Å². The monoisotopic (exact) mass is 600 g/mol. The Bertz CT molecular complexity index is 1170. The summed E-state index contributed by atoms with van der Waals surface area (Å²) in [5, 5.41) is 16.6. The first kappa shape index (κ1) is 32.1. The minimum Gasteiger partial charge on any atom is -0.481 e. The largest absolute Gasteiger partial charge is 0.481 e. The minimum absolute atomic E-state index is 0.0125. The molecule has 17 heteroatoms. The maximum atomic E-state index is 12.9. The summed E-state index contributed by atoms with van der Waals surface area (Å²) in [7, 11) is 1.49. The van der Waals surface area contributed by atoms with E-state index in [0.717, 1.165) is 17.1 Å². The number of anilines is 1. The Morgan fingerprint density at radius 3 is 2.35 bits per heavy atom. The van der Waals surface area contributed by atoms with Crippen molar-refractivity contribution in [1.82, 2.24) is 25.8 Å². The summed E-state index contributed by atoms with van der Waals surface area (Å²) in [6, 6.07) is 0.239.